The predicted octanol–water partition coefficient (Wildman–Crippen LogP) is 5.93. The van der Waals surface area contributed by atoms with Crippen LogP contribution in [0.5, 0.6) is 5.75 Å². The summed E-state index contributed by atoms with van der Waals surface area (Å²) in [5.41, 5.74) is 4.28. The molecular weight excluding hydrogens is 600 g/mol. The van der Waals surface area contributed by atoms with Gasteiger partial charge >= 0.3 is 0 Å². The molecular formula is C32H27F2N7O3S. The monoisotopic (exact) mass is 627 g/mol. The van der Waals surface area contributed by atoms with Crippen molar-refractivity contribution in [2.45, 2.75) is 19.5 Å². The Labute approximate surface area is 260 Å². The van der Waals surface area contributed by atoms with E-state index in [4.69, 9.17) is 19.6 Å². The van der Waals surface area contributed by atoms with Crippen molar-refractivity contribution in [3.63, 3.8) is 0 Å². The minimum atomic E-state index is -0.793. The second-order valence-corrected chi connectivity index (χ2v) is 11.6. The van der Waals surface area contributed by atoms with Gasteiger partial charge < -0.3 is 14.4 Å². The number of hydrogen-bond donors (Lipinski definition) is 0. The maximum absolute atomic E-state index is 16.0. The van der Waals surface area contributed by atoms with E-state index in [-0.39, 0.29) is 36.5 Å². The number of pyridine rings is 2. The molecule has 0 saturated carbocycles. The summed E-state index contributed by atoms with van der Waals surface area (Å²) in [5, 5.41) is 15.7. The van der Waals surface area contributed by atoms with Gasteiger partial charge in [-0.1, -0.05) is 6.58 Å². The van der Waals surface area contributed by atoms with E-state index in [1.165, 1.54) is 30.6 Å². The first kappa shape index (κ1) is 28.7. The largest absolute Gasteiger partial charge is 0.490 e. The molecule has 6 heterocycles. The summed E-state index contributed by atoms with van der Waals surface area (Å²) >= 11 is 1.41. The van der Waals surface area contributed by atoms with Crippen molar-refractivity contribution in [1.82, 2.24) is 34.3 Å². The lowest BCUT2D eigenvalue weighted by atomic mass is 9.96. The molecule has 10 nitrogen and oxygen atoms in total. The van der Waals surface area contributed by atoms with Crippen LogP contribution in [0.3, 0.4) is 0 Å². The van der Waals surface area contributed by atoms with Gasteiger partial charge in [0.25, 0.3) is 0 Å². The molecule has 0 fully saturated rings. The van der Waals surface area contributed by atoms with Gasteiger partial charge in [0.1, 0.15) is 41.7 Å². The Morgan fingerprint density at radius 1 is 1.16 bits per heavy atom. The smallest absolute Gasteiger partial charge is 0.246 e. The van der Waals surface area contributed by atoms with Gasteiger partial charge in [-0.25, -0.2) is 13.8 Å². The first-order valence-corrected chi connectivity index (χ1v) is 15.1. The number of fused-ring (bicyclic) bond motifs is 3. The highest BCUT2D eigenvalue weighted by atomic mass is 32.1. The number of halogens is 2. The molecule has 228 valence electrons. The fourth-order valence-corrected chi connectivity index (χ4v) is 6.72. The zero-order valence-corrected chi connectivity index (χ0v) is 25.2. The van der Waals surface area contributed by atoms with Crippen LogP contribution in [-0.4, -0.2) is 67.0 Å². The van der Waals surface area contributed by atoms with Crippen molar-refractivity contribution in [2.24, 2.45) is 0 Å². The first-order chi connectivity index (χ1) is 21.9. The summed E-state index contributed by atoms with van der Waals surface area (Å²) in [7, 11) is 1.52. The number of nitrogens with zero attached hydrogens (tertiary/aromatic N) is 7. The van der Waals surface area contributed by atoms with E-state index in [1.807, 2.05) is 47.4 Å². The molecule has 6 aromatic rings. The average molecular weight is 628 g/mol. The first-order valence-electron chi connectivity index (χ1n) is 14.2. The number of benzene rings is 1. The van der Waals surface area contributed by atoms with Crippen LogP contribution >= 0.6 is 11.3 Å². The molecule has 0 N–H and O–H groups in total. The third-order valence-electron chi connectivity index (χ3n) is 7.78. The number of carbonyl (C=O) groups is 1. The standard InChI is InChI=1S/C32H27F2N7O3S/c1-4-27(42)39-14-18(2)41-21(16-39)13-24(38-41)31-29(28-23(34)11-20(33)12-25(28)44-9-8-43-3)32-22(7-10-45-32)30(36-31)19-5-6-26-37-35-17-40(26)15-19/h4-7,10-13,15,17-18H,1,8-9,14,16H2,2-3H3. The molecule has 1 atom stereocenters. The highest BCUT2D eigenvalue weighted by molar-refractivity contribution is 7.18. The number of rotatable bonds is 8. The Bertz CT molecular complexity index is 2100. The molecule has 1 aromatic carbocycles. The van der Waals surface area contributed by atoms with Gasteiger partial charge in [0.15, 0.2) is 5.65 Å². The lowest BCUT2D eigenvalue weighted by molar-refractivity contribution is -0.127. The molecule has 1 aliphatic heterocycles. The SMILES string of the molecule is C=CC(=O)N1Cc2cc(-c3nc(-c4ccc5nncn5c4)c4ccsc4c3-c3c(F)cc(F)cc3OCCOC)nn2C(C)C1. The van der Waals surface area contributed by atoms with Crippen molar-refractivity contribution in [3.8, 4) is 39.5 Å². The van der Waals surface area contributed by atoms with Crippen LogP contribution in [0.25, 0.3) is 49.5 Å². The third kappa shape index (κ3) is 5.03. The summed E-state index contributed by atoms with van der Waals surface area (Å²) in [6.45, 7) is 6.70. The van der Waals surface area contributed by atoms with Crippen molar-refractivity contribution in [2.75, 3.05) is 26.9 Å². The molecule has 1 aliphatic rings. The Balaban J connectivity index is 1.50. The van der Waals surface area contributed by atoms with Crippen LogP contribution in [0.2, 0.25) is 0 Å². The number of hydrogen-bond acceptors (Lipinski definition) is 8. The molecule has 7 rings (SSSR count). The number of carbonyl (C=O) groups excluding carboxylic acids is 1. The molecule has 0 radical (unpaired) electrons. The van der Waals surface area contributed by atoms with E-state index in [2.05, 4.69) is 16.8 Å². The van der Waals surface area contributed by atoms with Crippen molar-refractivity contribution >= 4 is 33.0 Å². The molecule has 0 spiro atoms. The van der Waals surface area contributed by atoms with Gasteiger partial charge in [-0.15, -0.1) is 21.5 Å². The molecule has 0 saturated heterocycles. The molecule has 0 bridgehead atoms. The zero-order chi connectivity index (χ0) is 31.2. The third-order valence-corrected chi connectivity index (χ3v) is 8.71. The van der Waals surface area contributed by atoms with Crippen LogP contribution < -0.4 is 4.74 Å². The normalized spacial score (nSPS) is 14.7. The minimum Gasteiger partial charge on any atom is -0.490 e. The van der Waals surface area contributed by atoms with Crippen LogP contribution in [-0.2, 0) is 16.1 Å². The number of amides is 1. The number of thiophene rings is 1. The quantitative estimate of drug-likeness (QED) is 0.152. The molecule has 0 aliphatic carbocycles. The van der Waals surface area contributed by atoms with Crippen LogP contribution in [0.1, 0.15) is 18.7 Å². The number of methoxy groups -OCH3 is 1. The highest BCUT2D eigenvalue weighted by Gasteiger charge is 2.30. The number of aromatic nitrogens is 6. The molecule has 5 aromatic heterocycles. The average Bonchev–Trinajstić information content (AvgIpc) is 3.80. The maximum Gasteiger partial charge on any atom is 0.246 e. The summed E-state index contributed by atoms with van der Waals surface area (Å²) < 4.78 is 46.0. The van der Waals surface area contributed by atoms with Crippen LogP contribution in [0.15, 0.2) is 67.0 Å². The maximum atomic E-state index is 16.0. The summed E-state index contributed by atoms with van der Waals surface area (Å²) in [6.07, 6.45) is 4.79. The van der Waals surface area contributed by atoms with E-state index in [1.54, 1.807) is 15.6 Å². The number of ether oxygens (including phenoxy) is 2. The molecule has 1 unspecified atom stereocenters. The molecule has 45 heavy (non-hydrogen) atoms. The van der Waals surface area contributed by atoms with E-state index >= 15 is 4.39 Å². The van der Waals surface area contributed by atoms with E-state index in [0.29, 0.717) is 41.4 Å². The van der Waals surface area contributed by atoms with E-state index in [9.17, 15) is 9.18 Å². The second kappa shape index (κ2) is 11.5. The minimum absolute atomic E-state index is 0.0288. The van der Waals surface area contributed by atoms with Gasteiger partial charge in [0, 0.05) is 53.2 Å². The lowest BCUT2D eigenvalue weighted by Gasteiger charge is -2.31. The fourth-order valence-electron chi connectivity index (χ4n) is 5.77. The summed E-state index contributed by atoms with van der Waals surface area (Å²) in [4.78, 5) is 19.4. The Hall–Kier alpha value is -5.01. The Kier molecular flexibility index (Phi) is 7.34. The summed E-state index contributed by atoms with van der Waals surface area (Å²) in [5.74, 6) is -1.70. The predicted molar refractivity (Wildman–Crippen MR) is 166 cm³/mol. The van der Waals surface area contributed by atoms with Crippen molar-refractivity contribution in [3.05, 3.63) is 84.3 Å². The highest BCUT2D eigenvalue weighted by Crippen LogP contribution is 2.47. The van der Waals surface area contributed by atoms with Gasteiger partial charge in [-0.05, 0) is 42.6 Å². The molecule has 1 amide bonds. The van der Waals surface area contributed by atoms with E-state index < -0.39 is 11.6 Å². The second-order valence-electron chi connectivity index (χ2n) is 10.7. The van der Waals surface area contributed by atoms with Gasteiger partial charge in [0.05, 0.1) is 36.1 Å². The zero-order valence-electron chi connectivity index (χ0n) is 24.4. The van der Waals surface area contributed by atoms with Gasteiger partial charge in [-0.3, -0.25) is 13.9 Å². The van der Waals surface area contributed by atoms with Gasteiger partial charge in [-0.2, -0.15) is 5.10 Å². The summed E-state index contributed by atoms with van der Waals surface area (Å²) in [6, 6.07) is 9.43. The van der Waals surface area contributed by atoms with Crippen LogP contribution in [0.4, 0.5) is 8.78 Å². The van der Waals surface area contributed by atoms with E-state index in [0.717, 1.165) is 27.4 Å². The van der Waals surface area contributed by atoms with Crippen LogP contribution in [0, 0.1) is 11.6 Å². The van der Waals surface area contributed by atoms with Crippen molar-refractivity contribution < 1.29 is 23.0 Å². The van der Waals surface area contributed by atoms with Crippen molar-refractivity contribution in [1.29, 1.82) is 0 Å². The Morgan fingerprint density at radius 2 is 2.02 bits per heavy atom. The molecule has 13 heteroatoms. The van der Waals surface area contributed by atoms with Gasteiger partial charge in [0.2, 0.25) is 5.91 Å². The lowest BCUT2D eigenvalue weighted by Crippen LogP contribution is -2.39. The fraction of sp³-hybridized carbons (Fsp3) is 0.219. The Morgan fingerprint density at radius 3 is 2.84 bits per heavy atom. The topological polar surface area (TPSA) is 99.7 Å².